The number of nitrogens with zero attached hydrogens (tertiary/aromatic N) is 2. The van der Waals surface area contributed by atoms with Gasteiger partial charge in [-0.1, -0.05) is 146 Å². The topological polar surface area (TPSA) is 41.4 Å². The number of rotatable bonds is 5. The highest BCUT2D eigenvalue weighted by Gasteiger charge is 2.26. The molecule has 7 aromatic carbocycles. The fraction of sp³-hybridized carbons (Fsp3) is 0.0444. The predicted molar refractivity (Wildman–Crippen MR) is 210 cm³/mol. The standard InChI is InChI=1S/C45H32N4S/c1-4-12-29(13-5-1)33-22-25-35-37-26-27-38-36-18-10-11-19-40(36)50-42(38)41(37)49(39(35)28-33)34-23-20-32(21-24-34)45-47-43(30-14-6-2-7-15-30)46-44(48-45)31-16-8-3-9-17-31/h1-28,43,45,47H,(H,46,48). The first kappa shape index (κ1) is 29.0. The summed E-state index contributed by atoms with van der Waals surface area (Å²) < 4.78 is 5.10. The van der Waals surface area contributed by atoms with Crippen molar-refractivity contribution in [3.8, 4) is 16.8 Å². The van der Waals surface area contributed by atoms with Gasteiger partial charge in [0.25, 0.3) is 0 Å². The molecular formula is C45H32N4S. The molecule has 2 aromatic heterocycles. The highest BCUT2D eigenvalue weighted by Crippen LogP contribution is 2.43. The van der Waals surface area contributed by atoms with Gasteiger partial charge in [-0.25, -0.2) is 4.99 Å². The van der Waals surface area contributed by atoms with Crippen molar-refractivity contribution in [1.82, 2.24) is 15.2 Å². The highest BCUT2D eigenvalue weighted by molar-refractivity contribution is 7.26. The van der Waals surface area contributed by atoms with Crippen LogP contribution in [0.25, 0.3) is 58.8 Å². The Bertz CT molecular complexity index is 2690. The fourth-order valence-electron chi connectivity index (χ4n) is 7.45. The molecule has 0 saturated carbocycles. The average molecular weight is 661 g/mol. The number of aromatic nitrogens is 1. The van der Waals surface area contributed by atoms with Gasteiger partial charge in [-0.3, -0.25) is 5.32 Å². The molecule has 2 unspecified atom stereocenters. The van der Waals surface area contributed by atoms with Crippen LogP contribution in [-0.4, -0.2) is 10.4 Å². The fourth-order valence-corrected chi connectivity index (χ4v) is 8.69. The third kappa shape index (κ3) is 4.82. The van der Waals surface area contributed by atoms with Crippen LogP contribution < -0.4 is 10.6 Å². The lowest BCUT2D eigenvalue weighted by Gasteiger charge is -2.32. The van der Waals surface area contributed by atoms with Gasteiger partial charge in [0.2, 0.25) is 0 Å². The van der Waals surface area contributed by atoms with E-state index in [1.165, 1.54) is 53.1 Å². The maximum absolute atomic E-state index is 5.10. The number of aliphatic imine (C=N–C) groups is 1. The van der Waals surface area contributed by atoms with Gasteiger partial charge < -0.3 is 9.88 Å². The Morgan fingerprint density at radius 1 is 0.520 bits per heavy atom. The van der Waals surface area contributed by atoms with Crippen LogP contribution in [0.1, 0.15) is 29.0 Å². The predicted octanol–water partition coefficient (Wildman–Crippen LogP) is 11.2. The van der Waals surface area contributed by atoms with Crippen LogP contribution in [-0.2, 0) is 0 Å². The summed E-state index contributed by atoms with van der Waals surface area (Å²) >= 11 is 1.88. The van der Waals surface area contributed by atoms with Crippen LogP contribution in [0.5, 0.6) is 0 Å². The number of hydrogen-bond donors (Lipinski definition) is 2. The highest BCUT2D eigenvalue weighted by atomic mass is 32.1. The summed E-state index contributed by atoms with van der Waals surface area (Å²) in [5.41, 5.74) is 9.38. The number of nitrogens with one attached hydrogen (secondary N) is 2. The van der Waals surface area contributed by atoms with Crippen molar-refractivity contribution in [3.63, 3.8) is 0 Å². The van der Waals surface area contributed by atoms with E-state index in [1.54, 1.807) is 0 Å². The van der Waals surface area contributed by atoms with E-state index in [-0.39, 0.29) is 12.3 Å². The molecule has 9 aromatic rings. The van der Waals surface area contributed by atoms with E-state index in [0.29, 0.717) is 0 Å². The molecule has 0 fully saturated rings. The summed E-state index contributed by atoms with van der Waals surface area (Å²) in [6, 6.07) is 60.9. The van der Waals surface area contributed by atoms with Crippen molar-refractivity contribution in [2.45, 2.75) is 12.3 Å². The second-order valence-corrected chi connectivity index (χ2v) is 13.9. The normalized spacial score (nSPS) is 16.2. The Morgan fingerprint density at radius 2 is 1.18 bits per heavy atom. The zero-order valence-electron chi connectivity index (χ0n) is 27.1. The Hall–Kier alpha value is -6.01. The zero-order chi connectivity index (χ0) is 33.0. The van der Waals surface area contributed by atoms with Gasteiger partial charge in [-0.2, -0.15) is 0 Å². The summed E-state index contributed by atoms with van der Waals surface area (Å²) in [7, 11) is 0. The Labute approximate surface area is 294 Å². The molecule has 3 heterocycles. The molecule has 0 saturated heterocycles. The van der Waals surface area contributed by atoms with Gasteiger partial charge >= 0.3 is 0 Å². The van der Waals surface area contributed by atoms with Gasteiger partial charge in [0.1, 0.15) is 18.2 Å². The van der Waals surface area contributed by atoms with E-state index < -0.39 is 0 Å². The number of benzene rings is 7. The lowest BCUT2D eigenvalue weighted by Crippen LogP contribution is -2.44. The Morgan fingerprint density at radius 3 is 1.96 bits per heavy atom. The molecule has 0 aliphatic carbocycles. The molecule has 2 atom stereocenters. The third-order valence-corrected chi connectivity index (χ3v) is 11.1. The number of fused-ring (bicyclic) bond motifs is 7. The van der Waals surface area contributed by atoms with E-state index >= 15 is 0 Å². The monoisotopic (exact) mass is 660 g/mol. The maximum atomic E-state index is 5.10. The first-order valence-corrected chi connectivity index (χ1v) is 17.9. The van der Waals surface area contributed by atoms with Crippen LogP contribution in [0.4, 0.5) is 0 Å². The molecule has 50 heavy (non-hydrogen) atoms. The van der Waals surface area contributed by atoms with Crippen LogP contribution in [0.2, 0.25) is 0 Å². The van der Waals surface area contributed by atoms with E-state index in [9.17, 15) is 0 Å². The lowest BCUT2D eigenvalue weighted by molar-refractivity contribution is 0.409. The SMILES string of the molecule is c1ccc(C2=NC(c3ccccc3)NC(c3ccc(-n4c5cc(-c6ccccc6)ccc5c5ccc6c7ccccc7sc6c54)cc3)N2)cc1. The van der Waals surface area contributed by atoms with Crippen molar-refractivity contribution in [2.24, 2.45) is 4.99 Å². The zero-order valence-corrected chi connectivity index (χ0v) is 27.9. The van der Waals surface area contributed by atoms with Crippen molar-refractivity contribution >= 4 is 59.2 Å². The molecule has 2 N–H and O–H groups in total. The molecule has 0 spiro atoms. The van der Waals surface area contributed by atoms with Crippen LogP contribution in [0, 0.1) is 0 Å². The van der Waals surface area contributed by atoms with Crippen molar-refractivity contribution in [2.75, 3.05) is 0 Å². The van der Waals surface area contributed by atoms with Crippen molar-refractivity contribution < 1.29 is 0 Å². The first-order chi connectivity index (χ1) is 24.8. The first-order valence-electron chi connectivity index (χ1n) is 17.0. The van der Waals surface area contributed by atoms with Crippen LogP contribution in [0.15, 0.2) is 175 Å². The summed E-state index contributed by atoms with van der Waals surface area (Å²) in [5.74, 6) is 0.885. The minimum atomic E-state index is -0.174. The van der Waals surface area contributed by atoms with Gasteiger partial charge in [-0.05, 0) is 46.5 Å². The quantitative estimate of drug-likeness (QED) is 0.193. The van der Waals surface area contributed by atoms with E-state index in [2.05, 4.69) is 173 Å². The second-order valence-electron chi connectivity index (χ2n) is 12.9. The average Bonchev–Trinajstić information content (AvgIpc) is 3.74. The van der Waals surface area contributed by atoms with Crippen LogP contribution >= 0.6 is 11.3 Å². The summed E-state index contributed by atoms with van der Waals surface area (Å²) in [5, 5.41) is 12.6. The molecule has 10 rings (SSSR count). The van der Waals surface area contributed by atoms with Crippen LogP contribution in [0.3, 0.4) is 0 Å². The lowest BCUT2D eigenvalue weighted by atomic mass is 10.0. The number of amidine groups is 1. The largest absolute Gasteiger partial charge is 0.350 e. The Kier molecular flexibility index (Phi) is 6.86. The molecule has 5 heteroatoms. The molecule has 0 bridgehead atoms. The van der Waals surface area contributed by atoms with Crippen molar-refractivity contribution in [3.05, 3.63) is 187 Å². The maximum Gasteiger partial charge on any atom is 0.131 e. The minimum absolute atomic E-state index is 0.126. The van der Waals surface area contributed by atoms with E-state index in [1.807, 2.05) is 23.5 Å². The molecule has 238 valence electrons. The summed E-state index contributed by atoms with van der Waals surface area (Å²) in [6.45, 7) is 0. The molecular weight excluding hydrogens is 629 g/mol. The van der Waals surface area contributed by atoms with E-state index in [4.69, 9.17) is 4.99 Å². The van der Waals surface area contributed by atoms with Gasteiger partial charge in [0.15, 0.2) is 0 Å². The summed E-state index contributed by atoms with van der Waals surface area (Å²) in [6.07, 6.45) is -0.300. The second kappa shape index (κ2) is 11.8. The third-order valence-electron chi connectivity index (χ3n) is 9.89. The molecule has 0 amide bonds. The summed E-state index contributed by atoms with van der Waals surface area (Å²) in [4.78, 5) is 5.10. The number of hydrogen-bond acceptors (Lipinski definition) is 4. The smallest absolute Gasteiger partial charge is 0.131 e. The molecule has 0 radical (unpaired) electrons. The van der Waals surface area contributed by atoms with E-state index in [0.717, 1.165) is 28.2 Å². The molecule has 1 aliphatic heterocycles. The van der Waals surface area contributed by atoms with Gasteiger partial charge in [0, 0.05) is 37.5 Å². The van der Waals surface area contributed by atoms with Gasteiger partial charge in [-0.15, -0.1) is 11.3 Å². The van der Waals surface area contributed by atoms with Crippen molar-refractivity contribution in [1.29, 1.82) is 0 Å². The van der Waals surface area contributed by atoms with Gasteiger partial charge in [0.05, 0.1) is 15.7 Å². The molecule has 1 aliphatic rings. The number of thiophene rings is 1. The molecule has 4 nitrogen and oxygen atoms in total. The Balaban J connectivity index is 1.13. The minimum Gasteiger partial charge on any atom is -0.350 e.